The lowest BCUT2D eigenvalue weighted by Gasteiger charge is -1.99. The van der Waals surface area contributed by atoms with Crippen LogP contribution in [0, 0.1) is 0 Å². The molecule has 2 heteroatoms. The lowest BCUT2D eigenvalue weighted by molar-refractivity contribution is 0.587. The first-order chi connectivity index (χ1) is 5.91. The van der Waals surface area contributed by atoms with E-state index in [0.29, 0.717) is 0 Å². The highest BCUT2D eigenvalue weighted by Crippen LogP contribution is 2.09. The fourth-order valence-corrected chi connectivity index (χ4v) is 1.93. The van der Waals surface area contributed by atoms with E-state index in [9.17, 15) is 0 Å². The van der Waals surface area contributed by atoms with Crippen LogP contribution in [-0.2, 0) is 0 Å². The van der Waals surface area contributed by atoms with Gasteiger partial charge in [0.2, 0.25) is 0 Å². The summed E-state index contributed by atoms with van der Waals surface area (Å²) in [7, 11) is 5.60. The van der Waals surface area contributed by atoms with E-state index in [4.69, 9.17) is 0 Å². The molecule has 0 aliphatic rings. The molecule has 74 valence electrons. The summed E-state index contributed by atoms with van der Waals surface area (Å²) in [6.07, 6.45) is 14.1. The minimum atomic E-state index is 1.28. The van der Waals surface area contributed by atoms with E-state index in [2.05, 4.69) is 18.5 Å². The van der Waals surface area contributed by atoms with Crippen LogP contribution in [0.2, 0.25) is 0 Å². The second-order valence-electron chi connectivity index (χ2n) is 3.41. The first-order valence-electron chi connectivity index (χ1n) is 5.32. The fourth-order valence-electron chi connectivity index (χ4n) is 1.35. The molecule has 0 nitrogen and oxygen atoms in total. The van der Waals surface area contributed by atoms with E-state index in [1.807, 2.05) is 0 Å². The van der Waals surface area contributed by atoms with Crippen molar-refractivity contribution < 1.29 is 0 Å². The number of hydrogen-bond donors (Lipinski definition) is 0. The van der Waals surface area contributed by atoms with Crippen molar-refractivity contribution in [1.29, 1.82) is 0 Å². The lowest BCUT2D eigenvalue weighted by Crippen LogP contribution is -1.81. The Morgan fingerprint density at radius 3 is 0.917 bits per heavy atom. The molecule has 0 rings (SSSR count). The molecular formula is C10H24P2. The van der Waals surface area contributed by atoms with Crippen molar-refractivity contribution in [2.45, 2.75) is 51.4 Å². The molecule has 2 atom stereocenters. The van der Waals surface area contributed by atoms with Gasteiger partial charge in [0.05, 0.1) is 0 Å². The van der Waals surface area contributed by atoms with Crippen LogP contribution in [0.4, 0.5) is 0 Å². The molecule has 0 aromatic heterocycles. The number of hydrogen-bond acceptors (Lipinski definition) is 0. The molecule has 0 fully saturated rings. The second kappa shape index (κ2) is 11.9. The van der Waals surface area contributed by atoms with Crippen LogP contribution in [0.1, 0.15) is 51.4 Å². The Kier molecular flexibility index (Phi) is 12.7. The smallest absolute Gasteiger partial charge is 0.0381 e. The number of rotatable bonds is 9. The summed E-state index contributed by atoms with van der Waals surface area (Å²) in [4.78, 5) is 0. The van der Waals surface area contributed by atoms with Crippen molar-refractivity contribution in [3.63, 3.8) is 0 Å². The van der Waals surface area contributed by atoms with Crippen LogP contribution in [0.15, 0.2) is 0 Å². The molecule has 0 aliphatic carbocycles. The van der Waals surface area contributed by atoms with Gasteiger partial charge in [-0.2, -0.15) is 0 Å². The maximum Gasteiger partial charge on any atom is -0.0381 e. The molecule has 0 saturated carbocycles. The molecule has 0 radical (unpaired) electrons. The monoisotopic (exact) mass is 206 g/mol. The first kappa shape index (κ1) is 12.9. The van der Waals surface area contributed by atoms with E-state index in [0.717, 1.165) is 0 Å². The van der Waals surface area contributed by atoms with E-state index in [1.165, 1.54) is 63.7 Å². The summed E-state index contributed by atoms with van der Waals surface area (Å²) in [6.45, 7) is 0. The highest BCUT2D eigenvalue weighted by atomic mass is 31.0. The maximum absolute atomic E-state index is 2.80. The van der Waals surface area contributed by atoms with Crippen molar-refractivity contribution in [3.8, 4) is 0 Å². The summed E-state index contributed by atoms with van der Waals surface area (Å²) < 4.78 is 0. The standard InChI is InChI=1S/C10H24P2/c11-9-7-5-3-1-2-4-6-8-10-12/h1-12H2. The Hall–Kier alpha value is 0.860. The minimum Gasteiger partial charge on any atom is -0.138 e. The fraction of sp³-hybridized carbons (Fsp3) is 1.00. The molecule has 0 amide bonds. The van der Waals surface area contributed by atoms with Gasteiger partial charge in [-0.15, -0.1) is 18.5 Å². The van der Waals surface area contributed by atoms with E-state index in [1.54, 1.807) is 0 Å². The highest BCUT2D eigenvalue weighted by Gasteiger charge is 1.90. The van der Waals surface area contributed by atoms with E-state index >= 15 is 0 Å². The van der Waals surface area contributed by atoms with Gasteiger partial charge in [-0.05, 0) is 25.2 Å². The van der Waals surface area contributed by atoms with Crippen LogP contribution in [0.5, 0.6) is 0 Å². The molecule has 0 saturated heterocycles. The summed E-state index contributed by atoms with van der Waals surface area (Å²) in [5.74, 6) is 0. The van der Waals surface area contributed by atoms with Gasteiger partial charge in [0, 0.05) is 0 Å². The molecule has 0 spiro atoms. The third-order valence-electron chi connectivity index (χ3n) is 2.16. The maximum atomic E-state index is 2.80. The van der Waals surface area contributed by atoms with Crippen molar-refractivity contribution >= 4 is 18.5 Å². The summed E-state index contributed by atoms with van der Waals surface area (Å²) in [6, 6.07) is 0. The van der Waals surface area contributed by atoms with Gasteiger partial charge < -0.3 is 0 Å². The van der Waals surface area contributed by atoms with E-state index in [-0.39, 0.29) is 0 Å². The predicted molar refractivity (Wildman–Crippen MR) is 66.1 cm³/mol. The third kappa shape index (κ3) is 10.9. The molecule has 2 unspecified atom stereocenters. The zero-order chi connectivity index (χ0) is 9.07. The van der Waals surface area contributed by atoms with Gasteiger partial charge in [0.15, 0.2) is 0 Å². The van der Waals surface area contributed by atoms with Gasteiger partial charge in [0.1, 0.15) is 0 Å². The SMILES string of the molecule is PCCCCCCCCCCP. The van der Waals surface area contributed by atoms with Crippen molar-refractivity contribution in [1.82, 2.24) is 0 Å². The van der Waals surface area contributed by atoms with Gasteiger partial charge in [-0.1, -0.05) is 38.5 Å². The van der Waals surface area contributed by atoms with Crippen molar-refractivity contribution in [3.05, 3.63) is 0 Å². The molecule has 0 N–H and O–H groups in total. The average molecular weight is 206 g/mol. The number of unbranched alkanes of at least 4 members (excludes halogenated alkanes) is 7. The van der Waals surface area contributed by atoms with Crippen molar-refractivity contribution in [2.24, 2.45) is 0 Å². The molecule has 0 bridgehead atoms. The quantitative estimate of drug-likeness (QED) is 0.397. The van der Waals surface area contributed by atoms with Gasteiger partial charge in [0.25, 0.3) is 0 Å². The zero-order valence-electron chi connectivity index (χ0n) is 8.23. The van der Waals surface area contributed by atoms with Gasteiger partial charge >= 0.3 is 0 Å². The van der Waals surface area contributed by atoms with Gasteiger partial charge in [-0.25, -0.2) is 0 Å². The molecule has 0 heterocycles. The van der Waals surface area contributed by atoms with Crippen molar-refractivity contribution in [2.75, 3.05) is 12.3 Å². The second-order valence-corrected chi connectivity index (χ2v) is 4.56. The topological polar surface area (TPSA) is 0 Å². The average Bonchev–Trinajstić information content (AvgIpc) is 2.10. The normalized spacial score (nSPS) is 10.5. The Bertz CT molecular complexity index is 64.2. The molecule has 0 aliphatic heterocycles. The zero-order valence-corrected chi connectivity index (χ0v) is 10.5. The Morgan fingerprint density at radius 1 is 0.417 bits per heavy atom. The van der Waals surface area contributed by atoms with Crippen LogP contribution in [0.3, 0.4) is 0 Å². The Labute approximate surface area is 82.7 Å². The Balaban J connectivity index is 2.73. The molecule has 12 heavy (non-hydrogen) atoms. The predicted octanol–water partition coefficient (Wildman–Crippen LogP) is 3.86. The highest BCUT2D eigenvalue weighted by molar-refractivity contribution is 7.16. The van der Waals surface area contributed by atoms with Crippen LogP contribution >= 0.6 is 18.5 Å². The lowest BCUT2D eigenvalue weighted by atomic mass is 10.1. The summed E-state index contributed by atoms with van der Waals surface area (Å²) in [5.41, 5.74) is 0. The molecule has 0 aromatic rings. The summed E-state index contributed by atoms with van der Waals surface area (Å²) in [5, 5.41) is 0. The minimum absolute atomic E-state index is 1.28. The van der Waals surface area contributed by atoms with Gasteiger partial charge in [-0.3, -0.25) is 0 Å². The first-order valence-corrected chi connectivity index (χ1v) is 6.95. The van der Waals surface area contributed by atoms with Crippen LogP contribution in [-0.4, -0.2) is 12.3 Å². The Morgan fingerprint density at radius 2 is 0.667 bits per heavy atom. The largest absolute Gasteiger partial charge is 0.138 e. The van der Waals surface area contributed by atoms with Crippen LogP contribution < -0.4 is 0 Å². The van der Waals surface area contributed by atoms with E-state index < -0.39 is 0 Å². The van der Waals surface area contributed by atoms with Crippen LogP contribution in [0.25, 0.3) is 0 Å². The third-order valence-corrected chi connectivity index (χ3v) is 2.97. The summed E-state index contributed by atoms with van der Waals surface area (Å²) >= 11 is 0. The molecular weight excluding hydrogens is 182 g/mol. The molecule has 0 aromatic carbocycles.